The Kier molecular flexibility index (Phi) is 4.80. The molecule has 1 aromatic carbocycles. The maximum Gasteiger partial charge on any atom is 0.236 e. The van der Waals surface area contributed by atoms with E-state index in [4.69, 9.17) is 4.74 Å². The fourth-order valence-corrected chi connectivity index (χ4v) is 1.78. The predicted octanol–water partition coefficient (Wildman–Crippen LogP) is 1.58. The molecule has 0 spiro atoms. The van der Waals surface area contributed by atoms with Crippen molar-refractivity contribution < 1.29 is 9.53 Å². The number of amides is 1. The monoisotopic (exact) mass is 262 g/mol. The molecule has 0 aromatic heterocycles. The number of likely N-dealkylation sites (N-methyl/N-ethyl adjacent to an activating group) is 1. The predicted molar refractivity (Wildman–Crippen MR) is 75.3 cm³/mol. The molecule has 1 fully saturated rings. The lowest BCUT2D eigenvalue weighted by molar-refractivity contribution is -0.129. The summed E-state index contributed by atoms with van der Waals surface area (Å²) in [7, 11) is 1.82. The van der Waals surface area contributed by atoms with Gasteiger partial charge < -0.3 is 15.0 Å². The molecule has 1 saturated carbocycles. The molecule has 1 aliphatic rings. The highest BCUT2D eigenvalue weighted by Crippen LogP contribution is 2.18. The van der Waals surface area contributed by atoms with E-state index in [9.17, 15) is 4.79 Å². The van der Waals surface area contributed by atoms with E-state index in [1.165, 1.54) is 18.4 Å². The molecule has 0 saturated heterocycles. The van der Waals surface area contributed by atoms with Crippen LogP contribution in [0, 0.1) is 6.92 Å². The molecule has 4 nitrogen and oxygen atoms in total. The molecule has 0 radical (unpaired) electrons. The van der Waals surface area contributed by atoms with E-state index in [-0.39, 0.29) is 5.91 Å². The fraction of sp³-hybridized carbons (Fsp3) is 0.533. The van der Waals surface area contributed by atoms with Crippen LogP contribution in [0.4, 0.5) is 0 Å². The van der Waals surface area contributed by atoms with Gasteiger partial charge in [-0.1, -0.05) is 12.1 Å². The summed E-state index contributed by atoms with van der Waals surface area (Å²) < 4.78 is 5.63. The Morgan fingerprint density at radius 3 is 2.95 bits per heavy atom. The van der Waals surface area contributed by atoms with Gasteiger partial charge in [0.2, 0.25) is 5.91 Å². The van der Waals surface area contributed by atoms with Gasteiger partial charge in [0, 0.05) is 13.1 Å². The minimum Gasteiger partial charge on any atom is -0.492 e. The van der Waals surface area contributed by atoms with Gasteiger partial charge in [-0.3, -0.25) is 4.79 Å². The number of carbonyl (C=O) groups excluding carboxylic acids is 1. The highest BCUT2D eigenvalue weighted by molar-refractivity contribution is 5.78. The number of aryl methyl sites for hydroxylation is 1. The summed E-state index contributed by atoms with van der Waals surface area (Å²) >= 11 is 0. The Labute approximate surface area is 114 Å². The van der Waals surface area contributed by atoms with Crippen molar-refractivity contribution in [3.8, 4) is 5.75 Å². The number of hydrogen-bond donors (Lipinski definition) is 1. The summed E-state index contributed by atoms with van der Waals surface area (Å²) in [5, 5.41) is 3.22. The average molecular weight is 262 g/mol. The molecule has 2 rings (SSSR count). The van der Waals surface area contributed by atoms with Crippen molar-refractivity contribution in [2.45, 2.75) is 25.8 Å². The van der Waals surface area contributed by atoms with Crippen LogP contribution in [0.3, 0.4) is 0 Å². The Morgan fingerprint density at radius 1 is 1.47 bits per heavy atom. The highest BCUT2D eigenvalue weighted by Gasteiger charge is 2.21. The lowest BCUT2D eigenvalue weighted by Gasteiger charge is -2.17. The van der Waals surface area contributed by atoms with Crippen LogP contribution in [0.25, 0.3) is 0 Å². The molecule has 0 bridgehead atoms. The third-order valence-electron chi connectivity index (χ3n) is 3.23. The van der Waals surface area contributed by atoms with E-state index < -0.39 is 0 Å². The van der Waals surface area contributed by atoms with E-state index in [0.29, 0.717) is 25.7 Å². The SMILES string of the molecule is Cc1cccc(OCCN(C)C(=O)CNC2CC2)c1. The number of rotatable bonds is 7. The van der Waals surface area contributed by atoms with Gasteiger partial charge in [0.15, 0.2) is 0 Å². The molecule has 1 amide bonds. The van der Waals surface area contributed by atoms with E-state index in [2.05, 4.69) is 5.32 Å². The average Bonchev–Trinajstić information content (AvgIpc) is 3.20. The van der Waals surface area contributed by atoms with Crippen LogP contribution >= 0.6 is 0 Å². The molecule has 0 unspecified atom stereocenters. The molecule has 0 heterocycles. The lowest BCUT2D eigenvalue weighted by atomic mass is 10.2. The summed E-state index contributed by atoms with van der Waals surface area (Å²) in [6, 6.07) is 8.51. The number of carbonyl (C=O) groups is 1. The van der Waals surface area contributed by atoms with Crippen molar-refractivity contribution in [1.82, 2.24) is 10.2 Å². The molecule has 0 aliphatic heterocycles. The minimum absolute atomic E-state index is 0.125. The summed E-state index contributed by atoms with van der Waals surface area (Å²) in [5.41, 5.74) is 1.18. The van der Waals surface area contributed by atoms with Crippen molar-refractivity contribution in [2.75, 3.05) is 26.7 Å². The van der Waals surface area contributed by atoms with Crippen LogP contribution in [-0.2, 0) is 4.79 Å². The summed E-state index contributed by atoms with van der Waals surface area (Å²) in [6.07, 6.45) is 2.40. The Hall–Kier alpha value is -1.55. The van der Waals surface area contributed by atoms with Crippen molar-refractivity contribution in [3.05, 3.63) is 29.8 Å². The second-order valence-electron chi connectivity index (χ2n) is 5.14. The van der Waals surface area contributed by atoms with Crippen LogP contribution in [-0.4, -0.2) is 43.6 Å². The first-order valence-corrected chi connectivity index (χ1v) is 6.82. The van der Waals surface area contributed by atoms with Gasteiger partial charge >= 0.3 is 0 Å². The largest absolute Gasteiger partial charge is 0.492 e. The topological polar surface area (TPSA) is 41.6 Å². The minimum atomic E-state index is 0.125. The molecule has 1 N–H and O–H groups in total. The molecular formula is C15H22N2O2. The first-order chi connectivity index (χ1) is 9.15. The van der Waals surface area contributed by atoms with Gasteiger partial charge in [-0.25, -0.2) is 0 Å². The molecule has 0 atom stereocenters. The summed E-state index contributed by atoms with van der Waals surface area (Å²) in [4.78, 5) is 13.5. The van der Waals surface area contributed by atoms with E-state index in [1.807, 2.05) is 38.2 Å². The van der Waals surface area contributed by atoms with E-state index in [1.54, 1.807) is 4.90 Å². The van der Waals surface area contributed by atoms with Crippen LogP contribution in [0.2, 0.25) is 0 Å². The zero-order chi connectivity index (χ0) is 13.7. The zero-order valence-corrected chi connectivity index (χ0v) is 11.7. The number of hydrogen-bond acceptors (Lipinski definition) is 3. The van der Waals surface area contributed by atoms with Gasteiger partial charge in [0.25, 0.3) is 0 Å². The van der Waals surface area contributed by atoms with Gasteiger partial charge in [0.05, 0.1) is 13.1 Å². The summed E-state index contributed by atoms with van der Waals surface area (Å²) in [6.45, 7) is 3.60. The number of nitrogens with one attached hydrogen (secondary N) is 1. The first kappa shape index (κ1) is 13.9. The zero-order valence-electron chi connectivity index (χ0n) is 11.7. The third-order valence-corrected chi connectivity index (χ3v) is 3.23. The van der Waals surface area contributed by atoms with Crippen LogP contribution in [0.15, 0.2) is 24.3 Å². The molecule has 4 heteroatoms. The van der Waals surface area contributed by atoms with Crippen molar-refractivity contribution >= 4 is 5.91 Å². The maximum absolute atomic E-state index is 11.8. The third kappa shape index (κ3) is 4.91. The molecular weight excluding hydrogens is 240 g/mol. The Balaban J connectivity index is 1.64. The lowest BCUT2D eigenvalue weighted by Crippen LogP contribution is -2.38. The van der Waals surface area contributed by atoms with Crippen molar-refractivity contribution in [3.63, 3.8) is 0 Å². The smallest absolute Gasteiger partial charge is 0.236 e. The second kappa shape index (κ2) is 6.57. The molecule has 104 valence electrons. The molecule has 1 aromatic rings. The maximum atomic E-state index is 11.8. The number of ether oxygens (including phenoxy) is 1. The van der Waals surface area contributed by atoms with E-state index in [0.717, 1.165) is 5.75 Å². The highest BCUT2D eigenvalue weighted by atomic mass is 16.5. The van der Waals surface area contributed by atoms with E-state index >= 15 is 0 Å². The number of benzene rings is 1. The number of nitrogens with zero attached hydrogens (tertiary/aromatic N) is 1. The fourth-order valence-electron chi connectivity index (χ4n) is 1.78. The standard InChI is InChI=1S/C15H22N2O2/c1-12-4-3-5-14(10-12)19-9-8-17(2)15(18)11-16-13-6-7-13/h3-5,10,13,16H,6-9,11H2,1-2H3. The summed E-state index contributed by atoms with van der Waals surface area (Å²) in [5.74, 6) is 0.983. The van der Waals surface area contributed by atoms with Gasteiger partial charge in [0.1, 0.15) is 12.4 Å². The quantitative estimate of drug-likeness (QED) is 0.811. The van der Waals surface area contributed by atoms with Gasteiger partial charge in [-0.15, -0.1) is 0 Å². The van der Waals surface area contributed by atoms with Crippen molar-refractivity contribution in [2.24, 2.45) is 0 Å². The van der Waals surface area contributed by atoms with Crippen molar-refractivity contribution in [1.29, 1.82) is 0 Å². The normalized spacial score (nSPS) is 14.2. The molecule has 19 heavy (non-hydrogen) atoms. The Bertz CT molecular complexity index is 430. The van der Waals surface area contributed by atoms with Gasteiger partial charge in [-0.05, 0) is 37.5 Å². The first-order valence-electron chi connectivity index (χ1n) is 6.82. The molecule has 1 aliphatic carbocycles. The second-order valence-corrected chi connectivity index (χ2v) is 5.14. The van der Waals surface area contributed by atoms with Crippen LogP contribution in [0.5, 0.6) is 5.75 Å². The van der Waals surface area contributed by atoms with Crippen LogP contribution in [0.1, 0.15) is 18.4 Å². The van der Waals surface area contributed by atoms with Crippen LogP contribution < -0.4 is 10.1 Å². The van der Waals surface area contributed by atoms with Gasteiger partial charge in [-0.2, -0.15) is 0 Å². The Morgan fingerprint density at radius 2 is 2.26 bits per heavy atom.